The van der Waals surface area contributed by atoms with Crippen LogP contribution < -0.4 is 0 Å². The van der Waals surface area contributed by atoms with Gasteiger partial charge in [-0.3, -0.25) is 9.59 Å². The lowest BCUT2D eigenvalue weighted by Crippen LogP contribution is -2.65. The molecule has 0 bridgehead atoms. The fraction of sp³-hybridized carbons (Fsp3) is 0.812. The van der Waals surface area contributed by atoms with E-state index < -0.39 is 6.10 Å². The van der Waals surface area contributed by atoms with E-state index in [9.17, 15) is 14.7 Å². The van der Waals surface area contributed by atoms with E-state index in [1.54, 1.807) is 0 Å². The molecule has 0 spiro atoms. The number of allylic oxidation sites excluding steroid dienone is 2. The number of esters is 2. The van der Waals surface area contributed by atoms with Crippen molar-refractivity contribution < 1.29 is 24.2 Å². The Bertz CT molecular complexity index is 1040. The lowest BCUT2D eigenvalue weighted by atomic mass is 9.37. The van der Waals surface area contributed by atoms with Crippen LogP contribution in [0.2, 0.25) is 0 Å². The molecular weight excluding hydrogens is 464 g/mol. The summed E-state index contributed by atoms with van der Waals surface area (Å²) in [6.07, 6.45) is 10.2. The lowest BCUT2D eigenvalue weighted by Gasteiger charge is -2.68. The van der Waals surface area contributed by atoms with Gasteiger partial charge in [0.1, 0.15) is 12.2 Å². The van der Waals surface area contributed by atoms with Crippen LogP contribution in [-0.2, 0) is 19.1 Å². The van der Waals surface area contributed by atoms with E-state index in [1.807, 2.05) is 0 Å². The zero-order valence-corrected chi connectivity index (χ0v) is 24.2. The van der Waals surface area contributed by atoms with Gasteiger partial charge < -0.3 is 14.6 Å². The summed E-state index contributed by atoms with van der Waals surface area (Å²) in [6.45, 7) is 17.2. The number of carbonyl (C=O) groups is 2. The van der Waals surface area contributed by atoms with Gasteiger partial charge in [0.05, 0.1) is 12.0 Å². The standard InChI is InChI=1S/C32H48O5/c1-18(2)15-20-16-21(28(35)37-20)22-9-10-23-30(22,6)13-11-24-31(7)14-12-27(36-19(3)33)29(4,5)25(31)17-26(34)32(23,24)8/h10,15,20-22,24-27,34H,9,11-14,16-17H2,1-8H3/t20-,21-,22-,24-,25-,26+,27-,30-,31+,32-/m0/s1. The van der Waals surface area contributed by atoms with Gasteiger partial charge in [0.2, 0.25) is 0 Å². The van der Waals surface area contributed by atoms with Gasteiger partial charge in [-0.1, -0.05) is 51.8 Å². The molecule has 10 atom stereocenters. The first-order chi connectivity index (χ1) is 17.2. The van der Waals surface area contributed by atoms with Crippen LogP contribution in [0.3, 0.4) is 0 Å². The molecule has 3 saturated carbocycles. The molecule has 4 aliphatic carbocycles. The van der Waals surface area contributed by atoms with Crippen LogP contribution in [0, 0.1) is 45.3 Å². The van der Waals surface area contributed by atoms with E-state index in [-0.39, 0.29) is 63.6 Å². The molecule has 37 heavy (non-hydrogen) atoms. The van der Waals surface area contributed by atoms with Crippen molar-refractivity contribution in [1.82, 2.24) is 0 Å². The number of fused-ring (bicyclic) bond motifs is 5. The fourth-order valence-corrected chi connectivity index (χ4v) is 10.4. The Kier molecular flexibility index (Phi) is 6.34. The highest BCUT2D eigenvalue weighted by molar-refractivity contribution is 5.76. The van der Waals surface area contributed by atoms with E-state index >= 15 is 0 Å². The number of hydrogen-bond acceptors (Lipinski definition) is 5. The molecule has 0 aromatic rings. The second-order valence-corrected chi connectivity index (χ2v) is 14.6. The molecule has 1 saturated heterocycles. The Morgan fingerprint density at radius 3 is 2.41 bits per heavy atom. The number of carbonyl (C=O) groups excluding carboxylic acids is 2. The largest absolute Gasteiger partial charge is 0.462 e. The molecule has 5 heteroatoms. The Balaban J connectivity index is 1.45. The average molecular weight is 513 g/mol. The Hall–Kier alpha value is -1.62. The van der Waals surface area contributed by atoms with Gasteiger partial charge in [-0.15, -0.1) is 0 Å². The van der Waals surface area contributed by atoms with Crippen molar-refractivity contribution in [3.63, 3.8) is 0 Å². The highest BCUT2D eigenvalue weighted by atomic mass is 16.6. The monoisotopic (exact) mass is 512 g/mol. The second kappa shape index (κ2) is 8.69. The smallest absolute Gasteiger partial charge is 0.310 e. The van der Waals surface area contributed by atoms with Crippen LogP contribution in [0.25, 0.3) is 0 Å². The topological polar surface area (TPSA) is 72.8 Å². The maximum absolute atomic E-state index is 13.1. The van der Waals surface area contributed by atoms with Gasteiger partial charge >= 0.3 is 11.9 Å². The third kappa shape index (κ3) is 3.80. The predicted octanol–water partition coefficient (Wildman–Crippen LogP) is 6.39. The van der Waals surface area contributed by atoms with Crippen LogP contribution in [0.5, 0.6) is 0 Å². The minimum absolute atomic E-state index is 0.0441. The zero-order valence-electron chi connectivity index (χ0n) is 24.2. The van der Waals surface area contributed by atoms with Gasteiger partial charge in [-0.25, -0.2) is 0 Å². The molecule has 0 unspecified atom stereocenters. The van der Waals surface area contributed by atoms with Crippen molar-refractivity contribution in [2.75, 3.05) is 0 Å². The Labute approximate surface area is 223 Å². The van der Waals surface area contributed by atoms with E-state index in [0.717, 1.165) is 44.9 Å². The first-order valence-electron chi connectivity index (χ1n) is 14.6. The van der Waals surface area contributed by atoms with Gasteiger partial charge in [0.25, 0.3) is 0 Å². The molecule has 0 aromatic heterocycles. The van der Waals surface area contributed by atoms with E-state index in [1.165, 1.54) is 18.1 Å². The summed E-state index contributed by atoms with van der Waals surface area (Å²) in [5, 5.41) is 12.0. The summed E-state index contributed by atoms with van der Waals surface area (Å²) in [5.74, 6) is 0.535. The maximum Gasteiger partial charge on any atom is 0.310 e. The van der Waals surface area contributed by atoms with Crippen LogP contribution in [-0.4, -0.2) is 35.4 Å². The van der Waals surface area contributed by atoms with E-state index in [2.05, 4.69) is 60.6 Å². The Morgan fingerprint density at radius 1 is 1.05 bits per heavy atom. The summed E-state index contributed by atoms with van der Waals surface area (Å²) < 4.78 is 11.6. The van der Waals surface area contributed by atoms with Gasteiger partial charge in [0, 0.05) is 24.2 Å². The number of hydrogen-bond donors (Lipinski definition) is 1. The summed E-state index contributed by atoms with van der Waals surface area (Å²) in [4.78, 5) is 24.9. The normalized spacial score (nSPS) is 48.2. The second-order valence-electron chi connectivity index (χ2n) is 14.6. The molecule has 5 nitrogen and oxygen atoms in total. The van der Waals surface area contributed by atoms with Crippen LogP contribution >= 0.6 is 0 Å². The van der Waals surface area contributed by atoms with Crippen molar-refractivity contribution in [2.45, 2.75) is 119 Å². The molecule has 206 valence electrons. The summed E-state index contributed by atoms with van der Waals surface area (Å²) >= 11 is 0. The van der Waals surface area contributed by atoms with Gasteiger partial charge in [-0.2, -0.15) is 0 Å². The minimum Gasteiger partial charge on any atom is -0.462 e. The molecule has 5 aliphatic rings. The zero-order chi connectivity index (χ0) is 27.1. The van der Waals surface area contributed by atoms with Crippen molar-refractivity contribution in [3.8, 4) is 0 Å². The molecular formula is C32H48O5. The number of ether oxygens (including phenoxy) is 2. The SMILES string of the molecule is CC(=O)O[C@H]1CC[C@@]2(C)[C@@H](C[C@@H](O)[C@@]3(C)C4=CC[C@@H]([C@@H]5C[C@H](C=C(C)C)OC5=O)[C@]4(C)CC[C@@H]23)C1(C)C. The maximum atomic E-state index is 13.1. The number of aliphatic hydroxyl groups excluding tert-OH is 1. The van der Waals surface area contributed by atoms with Gasteiger partial charge in [0.15, 0.2) is 0 Å². The molecule has 5 rings (SSSR count). The van der Waals surface area contributed by atoms with Crippen LogP contribution in [0.15, 0.2) is 23.3 Å². The molecule has 0 aromatic carbocycles. The lowest BCUT2D eigenvalue weighted by molar-refractivity contribution is -0.219. The molecule has 0 amide bonds. The number of aliphatic hydroxyl groups is 1. The molecule has 1 aliphatic heterocycles. The highest BCUT2D eigenvalue weighted by Gasteiger charge is 2.69. The van der Waals surface area contributed by atoms with Crippen LogP contribution in [0.1, 0.15) is 100 Å². The van der Waals surface area contributed by atoms with E-state index in [4.69, 9.17) is 9.47 Å². The molecule has 1 N–H and O–H groups in total. The number of cyclic esters (lactones) is 1. The third-order valence-electron chi connectivity index (χ3n) is 12.1. The Morgan fingerprint density at radius 2 is 1.76 bits per heavy atom. The van der Waals surface area contributed by atoms with Crippen molar-refractivity contribution in [1.29, 1.82) is 0 Å². The van der Waals surface area contributed by atoms with Crippen LogP contribution in [0.4, 0.5) is 0 Å². The van der Waals surface area contributed by atoms with Crippen molar-refractivity contribution in [3.05, 3.63) is 23.3 Å². The van der Waals surface area contributed by atoms with Crippen molar-refractivity contribution >= 4 is 11.9 Å². The fourth-order valence-electron chi connectivity index (χ4n) is 10.4. The molecule has 1 heterocycles. The quantitative estimate of drug-likeness (QED) is 0.350. The first kappa shape index (κ1) is 27.0. The van der Waals surface area contributed by atoms with Crippen molar-refractivity contribution in [2.24, 2.45) is 45.3 Å². The summed E-state index contributed by atoms with van der Waals surface area (Å²) in [6, 6.07) is 0. The predicted molar refractivity (Wildman–Crippen MR) is 143 cm³/mol. The highest BCUT2D eigenvalue weighted by Crippen LogP contribution is 2.73. The van der Waals surface area contributed by atoms with Gasteiger partial charge in [-0.05, 0) is 87.0 Å². The summed E-state index contributed by atoms with van der Waals surface area (Å²) in [7, 11) is 0. The molecule has 0 radical (unpaired) electrons. The first-order valence-corrected chi connectivity index (χ1v) is 14.6. The minimum atomic E-state index is -0.454. The van der Waals surface area contributed by atoms with E-state index in [0.29, 0.717) is 5.92 Å². The third-order valence-corrected chi connectivity index (χ3v) is 12.1. The average Bonchev–Trinajstić information content (AvgIpc) is 3.31. The summed E-state index contributed by atoms with van der Waals surface area (Å²) in [5.41, 5.74) is 2.05. The molecule has 4 fully saturated rings. The number of rotatable bonds is 3.